The highest BCUT2D eigenvalue weighted by molar-refractivity contribution is 7.18. The van der Waals surface area contributed by atoms with Gasteiger partial charge in [0.1, 0.15) is 5.75 Å². The van der Waals surface area contributed by atoms with Gasteiger partial charge in [0, 0.05) is 12.5 Å². The summed E-state index contributed by atoms with van der Waals surface area (Å²) in [5.41, 5.74) is 8.35. The fourth-order valence-electron chi connectivity index (χ4n) is 2.65. The highest BCUT2D eigenvalue weighted by Crippen LogP contribution is 2.29. The van der Waals surface area contributed by atoms with Gasteiger partial charge >= 0.3 is 0 Å². The Balaban J connectivity index is 1.76. The second-order valence-electron chi connectivity index (χ2n) is 6.51. The lowest BCUT2D eigenvalue weighted by molar-refractivity contribution is 0.271. The van der Waals surface area contributed by atoms with Gasteiger partial charge in [-0.2, -0.15) is 0 Å². The Kier molecular flexibility index (Phi) is 5.48. The third-order valence-corrected chi connectivity index (χ3v) is 5.11. The SMILES string of the molecule is CC(C)COc1cccc(CC(CN)c2nc3ccccc3s2)c1. The molecule has 3 rings (SSSR count). The van der Waals surface area contributed by atoms with Crippen molar-refractivity contribution in [1.82, 2.24) is 4.98 Å². The average Bonchev–Trinajstić information content (AvgIpc) is 3.02. The number of hydrogen-bond donors (Lipinski definition) is 1. The van der Waals surface area contributed by atoms with Crippen LogP contribution >= 0.6 is 11.3 Å². The fourth-order valence-corrected chi connectivity index (χ4v) is 3.73. The van der Waals surface area contributed by atoms with Gasteiger partial charge in [-0.1, -0.05) is 38.1 Å². The molecule has 0 radical (unpaired) electrons. The van der Waals surface area contributed by atoms with Crippen LogP contribution in [0.15, 0.2) is 48.5 Å². The standard InChI is InChI=1S/C20H24N2OS/c1-14(2)13-23-17-7-5-6-15(11-17)10-16(12-21)20-22-18-8-3-4-9-19(18)24-20/h3-9,11,14,16H,10,12-13,21H2,1-2H3. The predicted molar refractivity (Wildman–Crippen MR) is 102 cm³/mol. The molecule has 24 heavy (non-hydrogen) atoms. The molecule has 1 atom stereocenters. The third-order valence-electron chi connectivity index (χ3n) is 3.91. The Bertz CT molecular complexity index is 764. The van der Waals surface area contributed by atoms with Crippen molar-refractivity contribution >= 4 is 21.6 Å². The van der Waals surface area contributed by atoms with Crippen LogP contribution in [0.2, 0.25) is 0 Å². The zero-order chi connectivity index (χ0) is 16.9. The summed E-state index contributed by atoms with van der Waals surface area (Å²) in [7, 11) is 0. The van der Waals surface area contributed by atoms with E-state index in [9.17, 15) is 0 Å². The molecule has 0 spiro atoms. The average molecular weight is 340 g/mol. The van der Waals surface area contributed by atoms with E-state index in [0.717, 1.165) is 29.3 Å². The highest BCUT2D eigenvalue weighted by Gasteiger charge is 2.16. The van der Waals surface area contributed by atoms with Crippen molar-refractivity contribution in [3.05, 3.63) is 59.1 Å². The topological polar surface area (TPSA) is 48.1 Å². The number of hydrogen-bond acceptors (Lipinski definition) is 4. The van der Waals surface area contributed by atoms with E-state index in [1.54, 1.807) is 11.3 Å². The van der Waals surface area contributed by atoms with Crippen LogP contribution in [0.3, 0.4) is 0 Å². The van der Waals surface area contributed by atoms with Gasteiger partial charge in [0.15, 0.2) is 0 Å². The molecule has 1 heterocycles. The molecular formula is C20H24N2OS. The molecule has 1 aromatic heterocycles. The predicted octanol–water partition coefficient (Wildman–Crippen LogP) is 4.62. The lowest BCUT2D eigenvalue weighted by Crippen LogP contribution is -2.15. The zero-order valence-electron chi connectivity index (χ0n) is 14.2. The molecule has 2 aromatic carbocycles. The molecule has 0 aliphatic rings. The molecule has 0 saturated carbocycles. The van der Waals surface area contributed by atoms with E-state index < -0.39 is 0 Å². The quantitative estimate of drug-likeness (QED) is 0.683. The molecule has 0 fully saturated rings. The van der Waals surface area contributed by atoms with Crippen LogP contribution in [0.5, 0.6) is 5.75 Å². The van der Waals surface area contributed by atoms with Gasteiger partial charge in [0.05, 0.1) is 21.8 Å². The molecule has 2 N–H and O–H groups in total. The van der Waals surface area contributed by atoms with Gasteiger partial charge in [-0.3, -0.25) is 0 Å². The lowest BCUT2D eigenvalue weighted by atomic mass is 10.00. The van der Waals surface area contributed by atoms with Crippen LogP contribution in [0, 0.1) is 5.92 Å². The summed E-state index contributed by atoms with van der Waals surface area (Å²) >= 11 is 1.75. The molecule has 3 nitrogen and oxygen atoms in total. The number of fused-ring (bicyclic) bond motifs is 1. The zero-order valence-corrected chi connectivity index (χ0v) is 15.1. The number of aromatic nitrogens is 1. The Labute approximate surface area is 147 Å². The second kappa shape index (κ2) is 7.77. The summed E-state index contributed by atoms with van der Waals surface area (Å²) in [6, 6.07) is 16.6. The summed E-state index contributed by atoms with van der Waals surface area (Å²) in [6.45, 7) is 5.64. The first kappa shape index (κ1) is 16.9. The van der Waals surface area contributed by atoms with Crippen molar-refractivity contribution in [1.29, 1.82) is 0 Å². The Hall–Kier alpha value is -1.91. The van der Waals surface area contributed by atoms with E-state index in [1.165, 1.54) is 10.3 Å². The lowest BCUT2D eigenvalue weighted by Gasteiger charge is -2.14. The van der Waals surface area contributed by atoms with Gasteiger partial charge in [0.25, 0.3) is 0 Å². The monoisotopic (exact) mass is 340 g/mol. The van der Waals surface area contributed by atoms with Gasteiger partial charge in [-0.25, -0.2) is 4.98 Å². The first-order chi connectivity index (χ1) is 11.7. The minimum absolute atomic E-state index is 0.239. The van der Waals surface area contributed by atoms with Gasteiger partial charge < -0.3 is 10.5 Å². The number of nitrogens with two attached hydrogens (primary N) is 1. The van der Waals surface area contributed by atoms with Crippen molar-refractivity contribution in [2.24, 2.45) is 11.7 Å². The molecular weight excluding hydrogens is 316 g/mol. The first-order valence-electron chi connectivity index (χ1n) is 8.43. The number of ether oxygens (including phenoxy) is 1. The molecule has 0 bridgehead atoms. The maximum atomic E-state index is 6.05. The van der Waals surface area contributed by atoms with Crippen LogP contribution in [-0.4, -0.2) is 18.1 Å². The summed E-state index contributed by atoms with van der Waals surface area (Å²) < 4.78 is 7.05. The summed E-state index contributed by atoms with van der Waals surface area (Å²) in [4.78, 5) is 4.77. The van der Waals surface area contributed by atoms with Crippen LogP contribution in [0.4, 0.5) is 0 Å². The van der Waals surface area contributed by atoms with E-state index in [1.807, 2.05) is 12.1 Å². The molecule has 0 saturated heterocycles. The minimum atomic E-state index is 0.239. The normalized spacial score (nSPS) is 12.7. The fraction of sp³-hybridized carbons (Fsp3) is 0.350. The van der Waals surface area contributed by atoms with Gasteiger partial charge in [-0.05, 0) is 42.2 Å². The van der Waals surface area contributed by atoms with Crippen molar-refractivity contribution in [2.45, 2.75) is 26.2 Å². The van der Waals surface area contributed by atoms with Crippen LogP contribution in [-0.2, 0) is 6.42 Å². The largest absolute Gasteiger partial charge is 0.493 e. The molecule has 0 amide bonds. The summed E-state index contributed by atoms with van der Waals surface area (Å²) in [6.07, 6.45) is 0.884. The van der Waals surface area contributed by atoms with Crippen LogP contribution in [0.1, 0.15) is 30.3 Å². The van der Waals surface area contributed by atoms with Crippen molar-refractivity contribution in [3.8, 4) is 5.75 Å². The maximum absolute atomic E-state index is 6.05. The maximum Gasteiger partial charge on any atom is 0.119 e. The second-order valence-corrected chi connectivity index (χ2v) is 7.57. The molecule has 0 aliphatic carbocycles. The van der Waals surface area contributed by atoms with E-state index in [2.05, 4.69) is 50.2 Å². The van der Waals surface area contributed by atoms with E-state index in [4.69, 9.17) is 15.5 Å². The van der Waals surface area contributed by atoms with Crippen LogP contribution in [0.25, 0.3) is 10.2 Å². The Morgan fingerprint density at radius 2 is 1.96 bits per heavy atom. The van der Waals surface area contributed by atoms with Gasteiger partial charge in [-0.15, -0.1) is 11.3 Å². The number of benzene rings is 2. The Morgan fingerprint density at radius 1 is 1.12 bits per heavy atom. The molecule has 0 aliphatic heterocycles. The summed E-state index contributed by atoms with van der Waals surface area (Å²) in [5, 5.41) is 1.12. The highest BCUT2D eigenvalue weighted by atomic mass is 32.1. The number of thiazole rings is 1. The van der Waals surface area contributed by atoms with E-state index in [-0.39, 0.29) is 5.92 Å². The van der Waals surface area contributed by atoms with Gasteiger partial charge in [0.2, 0.25) is 0 Å². The smallest absolute Gasteiger partial charge is 0.119 e. The van der Waals surface area contributed by atoms with Crippen molar-refractivity contribution in [3.63, 3.8) is 0 Å². The van der Waals surface area contributed by atoms with E-state index >= 15 is 0 Å². The number of para-hydroxylation sites is 1. The van der Waals surface area contributed by atoms with E-state index in [0.29, 0.717) is 12.5 Å². The Morgan fingerprint density at radius 3 is 2.71 bits per heavy atom. The van der Waals surface area contributed by atoms with Crippen LogP contribution < -0.4 is 10.5 Å². The van der Waals surface area contributed by atoms with Crippen molar-refractivity contribution < 1.29 is 4.74 Å². The number of nitrogens with zero attached hydrogens (tertiary/aromatic N) is 1. The first-order valence-corrected chi connectivity index (χ1v) is 9.24. The molecule has 3 aromatic rings. The number of rotatable bonds is 7. The molecule has 1 unspecified atom stereocenters. The molecule has 126 valence electrons. The summed E-state index contributed by atoms with van der Waals surface area (Å²) in [5.74, 6) is 1.69. The third kappa shape index (κ3) is 4.13. The molecule has 4 heteroatoms. The van der Waals surface area contributed by atoms with Crippen molar-refractivity contribution in [2.75, 3.05) is 13.2 Å². The minimum Gasteiger partial charge on any atom is -0.493 e.